The predicted molar refractivity (Wildman–Crippen MR) is 70.1 cm³/mol. The van der Waals surface area contributed by atoms with Crippen molar-refractivity contribution in [3.8, 4) is 0 Å². The Kier molecular flexibility index (Phi) is 4.13. The molecule has 0 saturated carbocycles. The molecule has 1 unspecified atom stereocenters. The molecule has 3 heteroatoms. The molecule has 0 radical (unpaired) electrons. The molecule has 0 aliphatic carbocycles. The van der Waals surface area contributed by atoms with Gasteiger partial charge >= 0.3 is 0 Å². The minimum atomic E-state index is 0.117. The summed E-state index contributed by atoms with van der Waals surface area (Å²) in [5.74, 6) is 0.677. The van der Waals surface area contributed by atoms with Crippen LogP contribution >= 0.6 is 0 Å². The smallest absolute Gasteiger partial charge is 0.223 e. The van der Waals surface area contributed by atoms with Crippen molar-refractivity contribution in [3.05, 3.63) is 35.9 Å². The number of carbonyl (C=O) groups excluding carboxylic acids is 2. The van der Waals surface area contributed by atoms with E-state index in [4.69, 9.17) is 0 Å². The summed E-state index contributed by atoms with van der Waals surface area (Å²) in [5.41, 5.74) is 1.01. The second-order valence-electron chi connectivity index (χ2n) is 4.95. The minimum absolute atomic E-state index is 0.117. The van der Waals surface area contributed by atoms with Gasteiger partial charge in [-0.2, -0.15) is 0 Å². The zero-order valence-electron chi connectivity index (χ0n) is 10.8. The Labute approximate surface area is 108 Å². The Hall–Kier alpha value is -1.64. The predicted octanol–water partition coefficient (Wildman–Crippen LogP) is 2.06. The highest BCUT2D eigenvalue weighted by molar-refractivity contribution is 5.88. The number of rotatable bonds is 5. The normalized spacial score (nSPS) is 19.3. The van der Waals surface area contributed by atoms with Crippen LogP contribution in [0.4, 0.5) is 0 Å². The number of hydrogen-bond donors (Lipinski definition) is 0. The van der Waals surface area contributed by atoms with Crippen LogP contribution in [-0.2, 0) is 16.0 Å². The first-order valence-corrected chi connectivity index (χ1v) is 6.52. The first kappa shape index (κ1) is 12.8. The standard InChI is InChI=1S/C15H19NO2/c1-2-12-9-15(18)16(10-12)11-14(17)8-13-6-4-3-5-7-13/h3-7,12H,2,8-11H2,1H3. The van der Waals surface area contributed by atoms with E-state index in [1.807, 2.05) is 30.3 Å². The molecule has 1 aliphatic rings. The largest absolute Gasteiger partial charge is 0.335 e. The van der Waals surface area contributed by atoms with Crippen molar-refractivity contribution in [1.82, 2.24) is 4.90 Å². The molecule has 0 aromatic heterocycles. The molecule has 1 aromatic rings. The van der Waals surface area contributed by atoms with Gasteiger partial charge in [0.25, 0.3) is 0 Å². The van der Waals surface area contributed by atoms with Crippen LogP contribution in [0, 0.1) is 5.92 Å². The summed E-state index contributed by atoms with van der Waals surface area (Å²) >= 11 is 0. The maximum absolute atomic E-state index is 11.9. The molecule has 18 heavy (non-hydrogen) atoms. The molecule has 1 amide bonds. The van der Waals surface area contributed by atoms with Gasteiger partial charge in [0.1, 0.15) is 0 Å². The Bertz CT molecular complexity index is 427. The number of Topliss-reactive ketones (excluding diaryl/α,β-unsaturated/α-hetero) is 1. The van der Waals surface area contributed by atoms with Crippen molar-refractivity contribution in [3.63, 3.8) is 0 Å². The highest BCUT2D eigenvalue weighted by Gasteiger charge is 2.29. The molecular formula is C15H19NO2. The number of likely N-dealkylation sites (tertiary alicyclic amines) is 1. The Balaban J connectivity index is 1.87. The van der Waals surface area contributed by atoms with E-state index in [2.05, 4.69) is 6.92 Å². The van der Waals surface area contributed by atoms with Gasteiger partial charge in [0, 0.05) is 19.4 Å². The van der Waals surface area contributed by atoms with Crippen LogP contribution in [0.2, 0.25) is 0 Å². The van der Waals surface area contributed by atoms with Crippen molar-refractivity contribution in [2.75, 3.05) is 13.1 Å². The van der Waals surface area contributed by atoms with E-state index in [0.717, 1.165) is 18.5 Å². The summed E-state index contributed by atoms with van der Waals surface area (Å²) in [5, 5.41) is 0. The average molecular weight is 245 g/mol. The zero-order chi connectivity index (χ0) is 13.0. The summed E-state index contributed by atoms with van der Waals surface area (Å²) in [6.07, 6.45) is 2.03. The van der Waals surface area contributed by atoms with E-state index in [0.29, 0.717) is 18.8 Å². The van der Waals surface area contributed by atoms with Crippen molar-refractivity contribution >= 4 is 11.7 Å². The van der Waals surface area contributed by atoms with Gasteiger partial charge in [0.2, 0.25) is 5.91 Å². The van der Waals surface area contributed by atoms with Gasteiger partial charge in [-0.05, 0) is 11.5 Å². The molecule has 0 N–H and O–H groups in total. The van der Waals surface area contributed by atoms with Gasteiger partial charge in [-0.3, -0.25) is 9.59 Å². The minimum Gasteiger partial charge on any atom is -0.335 e. The molecule has 96 valence electrons. The zero-order valence-corrected chi connectivity index (χ0v) is 10.8. The molecule has 1 atom stereocenters. The Morgan fingerprint density at radius 3 is 2.67 bits per heavy atom. The van der Waals surface area contributed by atoms with Gasteiger partial charge in [-0.25, -0.2) is 0 Å². The monoisotopic (exact) mass is 245 g/mol. The third-order valence-electron chi connectivity index (χ3n) is 3.48. The average Bonchev–Trinajstić information content (AvgIpc) is 2.71. The lowest BCUT2D eigenvalue weighted by atomic mass is 10.1. The summed E-state index contributed by atoms with van der Waals surface area (Å²) < 4.78 is 0. The lowest BCUT2D eigenvalue weighted by Crippen LogP contribution is -2.32. The van der Waals surface area contributed by atoms with Crippen LogP contribution < -0.4 is 0 Å². The van der Waals surface area contributed by atoms with Crippen LogP contribution in [0.1, 0.15) is 25.3 Å². The Morgan fingerprint density at radius 2 is 2.06 bits per heavy atom. The van der Waals surface area contributed by atoms with E-state index in [-0.39, 0.29) is 18.2 Å². The Morgan fingerprint density at radius 1 is 1.33 bits per heavy atom. The second-order valence-corrected chi connectivity index (χ2v) is 4.95. The molecule has 1 heterocycles. The molecule has 2 rings (SSSR count). The maximum atomic E-state index is 11.9. The van der Waals surface area contributed by atoms with Gasteiger partial charge in [-0.15, -0.1) is 0 Å². The van der Waals surface area contributed by atoms with Crippen LogP contribution in [0.3, 0.4) is 0 Å². The number of ketones is 1. The van der Waals surface area contributed by atoms with Gasteiger partial charge in [0.15, 0.2) is 5.78 Å². The van der Waals surface area contributed by atoms with Crippen molar-refractivity contribution < 1.29 is 9.59 Å². The van der Waals surface area contributed by atoms with Crippen molar-refractivity contribution in [2.24, 2.45) is 5.92 Å². The second kappa shape index (κ2) is 5.80. The van der Waals surface area contributed by atoms with Crippen molar-refractivity contribution in [2.45, 2.75) is 26.2 Å². The lowest BCUT2D eigenvalue weighted by molar-refractivity contribution is -0.132. The lowest BCUT2D eigenvalue weighted by Gasteiger charge is -2.15. The molecule has 1 aromatic carbocycles. The highest BCUT2D eigenvalue weighted by Crippen LogP contribution is 2.20. The van der Waals surface area contributed by atoms with Gasteiger partial charge in [0.05, 0.1) is 6.54 Å². The van der Waals surface area contributed by atoms with E-state index < -0.39 is 0 Å². The number of hydrogen-bond acceptors (Lipinski definition) is 2. The molecule has 0 spiro atoms. The molecule has 3 nitrogen and oxygen atoms in total. The molecule has 1 saturated heterocycles. The fourth-order valence-electron chi connectivity index (χ4n) is 2.37. The number of benzene rings is 1. The summed E-state index contributed by atoms with van der Waals surface area (Å²) in [7, 11) is 0. The summed E-state index contributed by atoms with van der Waals surface area (Å²) in [6, 6.07) is 9.67. The van der Waals surface area contributed by atoms with Crippen LogP contribution in [0.25, 0.3) is 0 Å². The first-order valence-electron chi connectivity index (χ1n) is 6.52. The number of nitrogens with zero attached hydrogens (tertiary/aromatic N) is 1. The van der Waals surface area contributed by atoms with E-state index in [9.17, 15) is 9.59 Å². The number of carbonyl (C=O) groups is 2. The summed E-state index contributed by atoms with van der Waals surface area (Å²) in [6.45, 7) is 3.10. The van der Waals surface area contributed by atoms with E-state index in [1.54, 1.807) is 4.90 Å². The third kappa shape index (κ3) is 3.19. The molecule has 0 bridgehead atoms. The van der Waals surface area contributed by atoms with Crippen LogP contribution in [0.5, 0.6) is 0 Å². The van der Waals surface area contributed by atoms with Gasteiger partial charge in [-0.1, -0.05) is 43.7 Å². The molecular weight excluding hydrogens is 226 g/mol. The van der Waals surface area contributed by atoms with E-state index in [1.165, 1.54) is 0 Å². The summed E-state index contributed by atoms with van der Waals surface area (Å²) in [4.78, 5) is 25.3. The van der Waals surface area contributed by atoms with Crippen LogP contribution in [0.15, 0.2) is 30.3 Å². The van der Waals surface area contributed by atoms with Crippen LogP contribution in [-0.4, -0.2) is 29.7 Å². The fraction of sp³-hybridized carbons (Fsp3) is 0.467. The number of amides is 1. The highest BCUT2D eigenvalue weighted by atomic mass is 16.2. The molecule has 1 fully saturated rings. The maximum Gasteiger partial charge on any atom is 0.223 e. The van der Waals surface area contributed by atoms with Gasteiger partial charge < -0.3 is 4.90 Å². The fourth-order valence-corrected chi connectivity index (χ4v) is 2.37. The van der Waals surface area contributed by atoms with E-state index >= 15 is 0 Å². The molecule has 1 aliphatic heterocycles. The topological polar surface area (TPSA) is 37.4 Å². The quantitative estimate of drug-likeness (QED) is 0.796. The SMILES string of the molecule is CCC1CC(=O)N(CC(=O)Cc2ccccc2)C1. The van der Waals surface area contributed by atoms with Crippen molar-refractivity contribution in [1.29, 1.82) is 0 Å². The first-order chi connectivity index (χ1) is 8.69. The third-order valence-corrected chi connectivity index (χ3v) is 3.48.